The van der Waals surface area contributed by atoms with Crippen molar-refractivity contribution in [2.45, 2.75) is 19.3 Å². The second-order valence-corrected chi connectivity index (χ2v) is 5.76. The Morgan fingerprint density at radius 1 is 1.28 bits per heavy atom. The molecule has 96 valence electrons. The van der Waals surface area contributed by atoms with E-state index in [1.54, 1.807) is 12.4 Å². The fourth-order valence-corrected chi connectivity index (χ4v) is 3.14. The first-order valence-electron chi connectivity index (χ1n) is 6.63. The molecular formula is C14H18ClN3. The van der Waals surface area contributed by atoms with E-state index in [-0.39, 0.29) is 0 Å². The molecule has 0 unspecified atom stereocenters. The Bertz CT molecular complexity index is 423. The summed E-state index contributed by atoms with van der Waals surface area (Å²) in [7, 11) is 0. The summed E-state index contributed by atoms with van der Waals surface area (Å²) >= 11 is 5.80. The third kappa shape index (κ3) is 2.37. The van der Waals surface area contributed by atoms with Crippen molar-refractivity contribution in [3.05, 3.63) is 30.1 Å². The highest BCUT2D eigenvalue weighted by Crippen LogP contribution is 2.48. The molecule has 1 aliphatic carbocycles. The molecule has 1 aromatic rings. The van der Waals surface area contributed by atoms with Gasteiger partial charge in [-0.05, 0) is 37.0 Å². The van der Waals surface area contributed by atoms with Gasteiger partial charge in [0.1, 0.15) is 0 Å². The van der Waals surface area contributed by atoms with Crippen LogP contribution in [0.5, 0.6) is 0 Å². The van der Waals surface area contributed by atoms with Crippen LogP contribution in [0.25, 0.3) is 0 Å². The quantitative estimate of drug-likeness (QED) is 0.785. The molecule has 1 aromatic heterocycles. The molecule has 0 radical (unpaired) electrons. The molecule has 1 aliphatic heterocycles. The summed E-state index contributed by atoms with van der Waals surface area (Å²) in [4.78, 5) is 10.8. The van der Waals surface area contributed by atoms with Crippen LogP contribution in [0.4, 0.5) is 5.95 Å². The number of anilines is 1. The summed E-state index contributed by atoms with van der Waals surface area (Å²) in [5, 5.41) is 0.598. The minimum atomic E-state index is 0.598. The van der Waals surface area contributed by atoms with Crippen LogP contribution in [0, 0.1) is 17.8 Å². The van der Waals surface area contributed by atoms with Gasteiger partial charge in [-0.3, -0.25) is 0 Å². The van der Waals surface area contributed by atoms with Crippen molar-refractivity contribution in [1.82, 2.24) is 9.97 Å². The Hall–Kier alpha value is -1.09. The van der Waals surface area contributed by atoms with Crippen LogP contribution in [0.1, 0.15) is 19.3 Å². The maximum absolute atomic E-state index is 5.80. The van der Waals surface area contributed by atoms with E-state index in [0.717, 1.165) is 36.8 Å². The fourth-order valence-electron chi connectivity index (χ4n) is 3.05. The van der Waals surface area contributed by atoms with Gasteiger partial charge in [-0.25, -0.2) is 9.97 Å². The Labute approximate surface area is 113 Å². The van der Waals surface area contributed by atoms with Crippen LogP contribution in [0.15, 0.2) is 25.0 Å². The number of nitrogens with zero attached hydrogens (tertiary/aromatic N) is 3. The molecule has 0 amide bonds. The van der Waals surface area contributed by atoms with Gasteiger partial charge in [0.2, 0.25) is 5.95 Å². The van der Waals surface area contributed by atoms with Crippen LogP contribution in [0.2, 0.25) is 5.02 Å². The van der Waals surface area contributed by atoms with Gasteiger partial charge in [0.25, 0.3) is 0 Å². The molecule has 3 rings (SSSR count). The zero-order valence-electron chi connectivity index (χ0n) is 10.4. The van der Waals surface area contributed by atoms with Crippen LogP contribution in [0.3, 0.4) is 0 Å². The molecule has 2 aliphatic rings. The van der Waals surface area contributed by atoms with Gasteiger partial charge in [-0.2, -0.15) is 0 Å². The van der Waals surface area contributed by atoms with Crippen LogP contribution >= 0.6 is 11.6 Å². The molecule has 4 heteroatoms. The molecular weight excluding hydrogens is 246 g/mol. The van der Waals surface area contributed by atoms with E-state index in [2.05, 4.69) is 27.5 Å². The van der Waals surface area contributed by atoms with Crippen molar-refractivity contribution >= 4 is 17.5 Å². The van der Waals surface area contributed by atoms with Gasteiger partial charge in [-0.1, -0.05) is 17.7 Å². The second-order valence-electron chi connectivity index (χ2n) is 5.32. The zero-order chi connectivity index (χ0) is 12.5. The maximum atomic E-state index is 5.80. The van der Waals surface area contributed by atoms with E-state index in [4.69, 9.17) is 11.6 Å². The summed E-state index contributed by atoms with van der Waals surface area (Å²) in [6.45, 7) is 6.02. The van der Waals surface area contributed by atoms with Crippen LogP contribution in [-0.2, 0) is 0 Å². The van der Waals surface area contributed by atoms with Crippen molar-refractivity contribution in [2.24, 2.45) is 17.8 Å². The van der Waals surface area contributed by atoms with E-state index in [1.165, 1.54) is 19.3 Å². The molecule has 1 saturated carbocycles. The molecule has 2 atom stereocenters. The van der Waals surface area contributed by atoms with Crippen molar-refractivity contribution in [1.29, 1.82) is 0 Å². The van der Waals surface area contributed by atoms with Gasteiger partial charge in [0, 0.05) is 13.1 Å². The summed E-state index contributed by atoms with van der Waals surface area (Å²) in [6.07, 6.45) is 9.32. The van der Waals surface area contributed by atoms with Crippen molar-refractivity contribution in [3.8, 4) is 0 Å². The summed E-state index contributed by atoms with van der Waals surface area (Å²) < 4.78 is 0. The van der Waals surface area contributed by atoms with Crippen molar-refractivity contribution in [2.75, 3.05) is 18.0 Å². The molecule has 3 nitrogen and oxygen atoms in total. The molecule has 18 heavy (non-hydrogen) atoms. The SMILES string of the molecule is C=C[C@@H]1C[C@@H]1C1CCN(c2ncc(Cl)cn2)CC1. The minimum absolute atomic E-state index is 0.598. The minimum Gasteiger partial charge on any atom is -0.341 e. The standard InChI is InChI=1S/C14H18ClN3/c1-2-10-7-13(10)11-3-5-18(6-4-11)14-16-8-12(15)9-17-14/h2,8-11,13H,1,3-7H2/t10-,13+/m1/s1. The van der Waals surface area contributed by atoms with Gasteiger partial charge in [-0.15, -0.1) is 6.58 Å². The second kappa shape index (κ2) is 4.88. The zero-order valence-corrected chi connectivity index (χ0v) is 11.2. The third-order valence-electron chi connectivity index (χ3n) is 4.23. The Morgan fingerprint density at radius 3 is 2.50 bits per heavy atom. The lowest BCUT2D eigenvalue weighted by atomic mass is 9.91. The lowest BCUT2D eigenvalue weighted by Crippen LogP contribution is -2.35. The van der Waals surface area contributed by atoms with Gasteiger partial charge < -0.3 is 4.90 Å². The van der Waals surface area contributed by atoms with E-state index in [9.17, 15) is 0 Å². The molecule has 1 saturated heterocycles. The normalized spacial score (nSPS) is 28.2. The van der Waals surface area contributed by atoms with Crippen LogP contribution < -0.4 is 4.90 Å². The highest BCUT2D eigenvalue weighted by molar-refractivity contribution is 6.30. The van der Waals surface area contributed by atoms with Gasteiger partial charge in [0.05, 0.1) is 17.4 Å². The number of allylic oxidation sites excluding steroid dienone is 1. The predicted molar refractivity (Wildman–Crippen MR) is 73.8 cm³/mol. The predicted octanol–water partition coefficient (Wildman–Crippen LogP) is 3.17. The Morgan fingerprint density at radius 2 is 1.94 bits per heavy atom. The first-order valence-corrected chi connectivity index (χ1v) is 7.01. The smallest absolute Gasteiger partial charge is 0.225 e. The summed E-state index contributed by atoms with van der Waals surface area (Å²) in [6, 6.07) is 0. The molecule has 0 bridgehead atoms. The molecule has 0 spiro atoms. The number of hydrogen-bond acceptors (Lipinski definition) is 3. The van der Waals surface area contributed by atoms with Gasteiger partial charge in [0.15, 0.2) is 0 Å². The van der Waals surface area contributed by atoms with E-state index in [1.807, 2.05) is 0 Å². The third-order valence-corrected chi connectivity index (χ3v) is 4.42. The molecule has 0 N–H and O–H groups in total. The average Bonchev–Trinajstić information content (AvgIpc) is 3.19. The first-order chi connectivity index (χ1) is 8.78. The van der Waals surface area contributed by atoms with E-state index < -0.39 is 0 Å². The number of piperidine rings is 1. The molecule has 2 heterocycles. The highest BCUT2D eigenvalue weighted by atomic mass is 35.5. The highest BCUT2D eigenvalue weighted by Gasteiger charge is 2.41. The van der Waals surface area contributed by atoms with Crippen LogP contribution in [-0.4, -0.2) is 23.1 Å². The van der Waals surface area contributed by atoms with Gasteiger partial charge >= 0.3 is 0 Å². The first kappa shape index (κ1) is 12.0. The number of aromatic nitrogens is 2. The summed E-state index contributed by atoms with van der Waals surface area (Å²) in [5.41, 5.74) is 0. The Kier molecular flexibility index (Phi) is 3.25. The number of hydrogen-bond donors (Lipinski definition) is 0. The van der Waals surface area contributed by atoms with E-state index >= 15 is 0 Å². The largest absolute Gasteiger partial charge is 0.341 e. The molecule has 0 aromatic carbocycles. The summed E-state index contributed by atoms with van der Waals surface area (Å²) in [5.74, 6) is 3.37. The van der Waals surface area contributed by atoms with E-state index in [0.29, 0.717) is 5.02 Å². The Balaban J connectivity index is 1.57. The number of halogens is 1. The lowest BCUT2D eigenvalue weighted by Gasteiger charge is -2.32. The average molecular weight is 264 g/mol. The monoisotopic (exact) mass is 263 g/mol. The number of rotatable bonds is 3. The lowest BCUT2D eigenvalue weighted by molar-refractivity contribution is 0.352. The topological polar surface area (TPSA) is 29.0 Å². The maximum Gasteiger partial charge on any atom is 0.225 e. The molecule has 2 fully saturated rings. The van der Waals surface area contributed by atoms with Crippen molar-refractivity contribution < 1.29 is 0 Å². The van der Waals surface area contributed by atoms with Crippen molar-refractivity contribution in [3.63, 3.8) is 0 Å². The fraction of sp³-hybridized carbons (Fsp3) is 0.571.